The third-order valence-electron chi connectivity index (χ3n) is 5.14. The SMILES string of the molecule is NCc1ccnc(N(C(=O)C2(NC(=O)OCc3ccccc3)CC2)C2CC2)c1. The molecule has 2 aliphatic carbocycles. The molecule has 7 nitrogen and oxygen atoms in total. The Hall–Kier alpha value is -2.93. The van der Waals surface area contributed by atoms with Crippen molar-refractivity contribution in [2.45, 2.75) is 50.4 Å². The standard InChI is InChI=1S/C21H24N4O3/c22-13-16-8-11-23-18(12-16)25(17-6-7-17)19(26)21(9-10-21)24-20(27)28-14-15-4-2-1-3-5-15/h1-5,8,11-12,17H,6-7,9-10,13-14,22H2,(H,24,27). The summed E-state index contributed by atoms with van der Waals surface area (Å²) < 4.78 is 5.30. The number of aromatic nitrogens is 1. The summed E-state index contributed by atoms with van der Waals surface area (Å²) in [5.41, 5.74) is 6.65. The van der Waals surface area contributed by atoms with E-state index in [1.165, 1.54) is 0 Å². The van der Waals surface area contributed by atoms with Crippen molar-refractivity contribution in [3.63, 3.8) is 0 Å². The van der Waals surface area contributed by atoms with Crippen molar-refractivity contribution >= 4 is 17.8 Å². The number of alkyl carbamates (subject to hydrolysis) is 1. The minimum atomic E-state index is -0.892. The zero-order valence-electron chi connectivity index (χ0n) is 15.6. The van der Waals surface area contributed by atoms with Crippen LogP contribution in [0.1, 0.15) is 36.8 Å². The zero-order valence-corrected chi connectivity index (χ0v) is 15.6. The molecule has 0 bridgehead atoms. The number of hydrogen-bond acceptors (Lipinski definition) is 5. The normalized spacial score (nSPS) is 16.9. The van der Waals surface area contributed by atoms with Gasteiger partial charge >= 0.3 is 6.09 Å². The Morgan fingerprint density at radius 2 is 1.93 bits per heavy atom. The van der Waals surface area contributed by atoms with Crippen molar-refractivity contribution in [3.8, 4) is 0 Å². The van der Waals surface area contributed by atoms with E-state index < -0.39 is 11.6 Å². The zero-order chi connectivity index (χ0) is 19.6. The maximum atomic E-state index is 13.3. The van der Waals surface area contributed by atoms with Gasteiger partial charge in [0.15, 0.2) is 0 Å². The summed E-state index contributed by atoms with van der Waals surface area (Å²) in [6, 6.07) is 13.3. The quantitative estimate of drug-likeness (QED) is 0.769. The van der Waals surface area contributed by atoms with Crippen molar-refractivity contribution in [1.82, 2.24) is 10.3 Å². The first kappa shape index (κ1) is 18.4. The number of nitrogens with one attached hydrogen (secondary N) is 1. The number of ether oxygens (including phenoxy) is 1. The van der Waals surface area contributed by atoms with Gasteiger partial charge in [0.2, 0.25) is 0 Å². The van der Waals surface area contributed by atoms with Crippen molar-refractivity contribution in [1.29, 1.82) is 0 Å². The van der Waals surface area contributed by atoms with Crippen LogP contribution in [0.25, 0.3) is 0 Å². The molecular weight excluding hydrogens is 356 g/mol. The van der Waals surface area contributed by atoms with Crippen LogP contribution in [-0.4, -0.2) is 28.6 Å². The van der Waals surface area contributed by atoms with Crippen LogP contribution >= 0.6 is 0 Å². The molecule has 0 spiro atoms. The Morgan fingerprint density at radius 3 is 2.57 bits per heavy atom. The first-order valence-electron chi connectivity index (χ1n) is 9.59. The molecule has 2 fully saturated rings. The number of nitrogens with zero attached hydrogens (tertiary/aromatic N) is 2. The molecule has 0 atom stereocenters. The van der Waals surface area contributed by atoms with E-state index in [0.717, 1.165) is 24.0 Å². The molecule has 146 valence electrons. The molecule has 2 saturated carbocycles. The van der Waals surface area contributed by atoms with Gasteiger partial charge in [0, 0.05) is 18.8 Å². The topological polar surface area (TPSA) is 97.5 Å². The van der Waals surface area contributed by atoms with Gasteiger partial charge < -0.3 is 15.8 Å². The second-order valence-corrected chi connectivity index (χ2v) is 7.40. The molecule has 4 rings (SSSR count). The van der Waals surface area contributed by atoms with E-state index in [1.807, 2.05) is 42.5 Å². The van der Waals surface area contributed by atoms with Gasteiger partial charge in [-0.2, -0.15) is 0 Å². The Kier molecular flexibility index (Phi) is 5.00. The predicted octanol–water partition coefficient (Wildman–Crippen LogP) is 2.49. The van der Waals surface area contributed by atoms with Crippen LogP contribution in [0.3, 0.4) is 0 Å². The first-order valence-corrected chi connectivity index (χ1v) is 9.59. The summed E-state index contributed by atoms with van der Waals surface area (Å²) >= 11 is 0. The van der Waals surface area contributed by atoms with E-state index in [2.05, 4.69) is 10.3 Å². The minimum absolute atomic E-state index is 0.117. The van der Waals surface area contributed by atoms with Gasteiger partial charge in [-0.3, -0.25) is 9.69 Å². The lowest BCUT2D eigenvalue weighted by Crippen LogP contribution is -2.52. The molecule has 2 amide bonds. The third-order valence-corrected chi connectivity index (χ3v) is 5.14. The van der Waals surface area contributed by atoms with E-state index >= 15 is 0 Å². The number of nitrogens with two attached hydrogens (primary N) is 1. The smallest absolute Gasteiger partial charge is 0.408 e. The summed E-state index contributed by atoms with van der Waals surface area (Å²) in [5, 5.41) is 2.79. The predicted molar refractivity (Wildman–Crippen MR) is 104 cm³/mol. The molecule has 0 unspecified atom stereocenters. The molecule has 1 heterocycles. The number of benzene rings is 1. The van der Waals surface area contributed by atoms with E-state index in [1.54, 1.807) is 11.1 Å². The summed E-state index contributed by atoms with van der Waals surface area (Å²) in [6.45, 7) is 0.556. The maximum Gasteiger partial charge on any atom is 0.408 e. The van der Waals surface area contributed by atoms with Crippen molar-refractivity contribution in [3.05, 3.63) is 59.8 Å². The molecule has 0 saturated heterocycles. The largest absolute Gasteiger partial charge is 0.445 e. The summed E-state index contributed by atoms with van der Waals surface area (Å²) in [5.74, 6) is 0.481. The lowest BCUT2D eigenvalue weighted by atomic mass is 10.2. The first-order chi connectivity index (χ1) is 13.6. The minimum Gasteiger partial charge on any atom is -0.445 e. The monoisotopic (exact) mass is 380 g/mol. The molecular formula is C21H24N4O3. The van der Waals surface area contributed by atoms with E-state index in [0.29, 0.717) is 25.2 Å². The molecule has 0 radical (unpaired) electrons. The van der Waals surface area contributed by atoms with E-state index in [4.69, 9.17) is 10.5 Å². The Bertz CT molecular complexity index is 863. The van der Waals surface area contributed by atoms with Crippen LogP contribution < -0.4 is 16.0 Å². The van der Waals surface area contributed by atoms with Crippen molar-refractivity contribution in [2.75, 3.05) is 4.90 Å². The Morgan fingerprint density at radius 1 is 1.18 bits per heavy atom. The highest BCUT2D eigenvalue weighted by Gasteiger charge is 2.56. The summed E-state index contributed by atoms with van der Waals surface area (Å²) in [6.07, 6.45) is 4.18. The maximum absolute atomic E-state index is 13.3. The average molecular weight is 380 g/mol. The van der Waals surface area contributed by atoms with Gasteiger partial charge in [-0.25, -0.2) is 9.78 Å². The molecule has 3 N–H and O–H groups in total. The molecule has 7 heteroatoms. The lowest BCUT2D eigenvalue weighted by Gasteiger charge is -2.27. The van der Waals surface area contributed by atoms with Gasteiger partial charge in [0.05, 0.1) is 0 Å². The van der Waals surface area contributed by atoms with Gasteiger partial charge in [-0.05, 0) is 48.9 Å². The highest BCUT2D eigenvalue weighted by Crippen LogP contribution is 2.42. The van der Waals surface area contributed by atoms with Gasteiger partial charge in [-0.15, -0.1) is 0 Å². The number of amides is 2. The highest BCUT2D eigenvalue weighted by molar-refractivity contribution is 6.04. The molecule has 2 aromatic rings. The van der Waals surface area contributed by atoms with Crippen molar-refractivity contribution in [2.24, 2.45) is 5.73 Å². The number of carbonyl (C=O) groups is 2. The Balaban J connectivity index is 1.44. The second-order valence-electron chi connectivity index (χ2n) is 7.40. The van der Waals surface area contributed by atoms with Crippen LogP contribution in [0.4, 0.5) is 10.6 Å². The fourth-order valence-corrected chi connectivity index (χ4v) is 3.21. The highest BCUT2D eigenvalue weighted by atomic mass is 16.5. The molecule has 28 heavy (non-hydrogen) atoms. The van der Waals surface area contributed by atoms with Gasteiger partial charge in [-0.1, -0.05) is 30.3 Å². The number of hydrogen-bond donors (Lipinski definition) is 2. The van der Waals surface area contributed by atoms with Crippen LogP contribution in [0, 0.1) is 0 Å². The molecule has 0 aliphatic heterocycles. The lowest BCUT2D eigenvalue weighted by molar-refractivity contribution is -0.121. The molecule has 2 aliphatic rings. The number of anilines is 1. The number of pyridine rings is 1. The van der Waals surface area contributed by atoms with E-state index in [9.17, 15) is 9.59 Å². The third kappa shape index (κ3) is 3.99. The second kappa shape index (κ2) is 7.59. The van der Waals surface area contributed by atoms with Crippen molar-refractivity contribution < 1.29 is 14.3 Å². The molecule has 1 aromatic carbocycles. The van der Waals surface area contributed by atoms with Gasteiger partial charge in [0.1, 0.15) is 18.0 Å². The molecule has 1 aromatic heterocycles. The average Bonchev–Trinajstić information content (AvgIpc) is 3.64. The van der Waals surface area contributed by atoms with Crippen LogP contribution in [0.15, 0.2) is 48.7 Å². The fraction of sp³-hybridized carbons (Fsp3) is 0.381. The fourth-order valence-electron chi connectivity index (χ4n) is 3.21. The Labute approximate surface area is 163 Å². The number of carbonyl (C=O) groups excluding carboxylic acids is 2. The van der Waals surface area contributed by atoms with Crippen LogP contribution in [0.2, 0.25) is 0 Å². The summed E-state index contributed by atoms with van der Waals surface area (Å²) in [7, 11) is 0. The van der Waals surface area contributed by atoms with Gasteiger partial charge in [0.25, 0.3) is 5.91 Å². The van der Waals surface area contributed by atoms with E-state index in [-0.39, 0.29) is 18.6 Å². The summed E-state index contributed by atoms with van der Waals surface area (Å²) in [4.78, 5) is 31.7. The van der Waals surface area contributed by atoms with Crippen LogP contribution in [0.5, 0.6) is 0 Å². The number of rotatable bonds is 7. The van der Waals surface area contributed by atoms with Crippen LogP contribution in [-0.2, 0) is 22.7 Å².